The monoisotopic (exact) mass is 365 g/mol. The minimum Gasteiger partial charge on any atom is -0.375 e. The van der Waals surface area contributed by atoms with E-state index in [1.54, 1.807) is 0 Å². The third-order valence-corrected chi connectivity index (χ3v) is 4.22. The number of fused-ring (bicyclic) bond motifs is 1. The largest absolute Gasteiger partial charge is 0.375 e. The average Bonchev–Trinajstić information content (AvgIpc) is 2.99. The van der Waals surface area contributed by atoms with Crippen molar-refractivity contribution in [2.45, 2.75) is 25.2 Å². The van der Waals surface area contributed by atoms with Gasteiger partial charge in [0.15, 0.2) is 23.3 Å². The number of H-pyrrole nitrogens is 2. The molecule has 1 saturated heterocycles. The molecule has 3 heterocycles. The summed E-state index contributed by atoms with van der Waals surface area (Å²) in [6, 6.07) is 3.44. The Hall–Kier alpha value is -2.88. The standard InChI is InChI=1S/C16H14F3N5O2/c17-8-2-1-7(5-9(8)18)6-20-16-21-13-12(11(19)10-3-4-26-10)23-24-14(13)15(25)22-16/h1-2,5,10-11H,3-4,6H2,(H,23,24)(H2,20,21,22,25)/t10-,11?/m0/s1. The van der Waals surface area contributed by atoms with E-state index in [9.17, 15) is 18.0 Å². The lowest BCUT2D eigenvalue weighted by Gasteiger charge is -2.28. The van der Waals surface area contributed by atoms with Gasteiger partial charge >= 0.3 is 0 Å². The molecular formula is C16H14F3N5O2. The van der Waals surface area contributed by atoms with E-state index in [0.717, 1.165) is 12.1 Å². The number of hydrogen-bond donors (Lipinski definition) is 3. The summed E-state index contributed by atoms with van der Waals surface area (Å²) in [5, 5.41) is 9.13. The quantitative estimate of drug-likeness (QED) is 0.645. The van der Waals surface area contributed by atoms with Crippen LogP contribution in [0.5, 0.6) is 0 Å². The van der Waals surface area contributed by atoms with Crippen molar-refractivity contribution >= 4 is 17.0 Å². The lowest BCUT2D eigenvalue weighted by Crippen LogP contribution is -2.31. The number of aromatic amines is 2. The molecule has 0 bridgehead atoms. The predicted octanol–water partition coefficient (Wildman–Crippen LogP) is 2.34. The van der Waals surface area contributed by atoms with Gasteiger partial charge in [-0.25, -0.2) is 18.2 Å². The number of nitrogens with zero attached hydrogens (tertiary/aromatic N) is 2. The van der Waals surface area contributed by atoms with Crippen LogP contribution < -0.4 is 10.9 Å². The fourth-order valence-corrected chi connectivity index (χ4v) is 2.71. The van der Waals surface area contributed by atoms with Crippen LogP contribution in [0.25, 0.3) is 11.0 Å². The summed E-state index contributed by atoms with van der Waals surface area (Å²) in [5.41, 5.74) is 0.0638. The van der Waals surface area contributed by atoms with Crippen LogP contribution in [0.3, 0.4) is 0 Å². The van der Waals surface area contributed by atoms with Gasteiger partial charge in [0.1, 0.15) is 5.52 Å². The highest BCUT2D eigenvalue weighted by Crippen LogP contribution is 2.32. The van der Waals surface area contributed by atoms with E-state index in [0.29, 0.717) is 18.6 Å². The van der Waals surface area contributed by atoms with Crippen molar-refractivity contribution in [3.63, 3.8) is 0 Å². The Morgan fingerprint density at radius 1 is 1.31 bits per heavy atom. The van der Waals surface area contributed by atoms with Crippen molar-refractivity contribution in [2.24, 2.45) is 0 Å². The van der Waals surface area contributed by atoms with E-state index in [1.807, 2.05) is 0 Å². The minimum absolute atomic E-state index is 0.0136. The molecule has 2 atom stereocenters. The zero-order chi connectivity index (χ0) is 18.3. The number of halogens is 3. The molecule has 1 aliphatic rings. The average molecular weight is 365 g/mol. The molecule has 1 unspecified atom stereocenters. The Balaban J connectivity index is 1.61. The number of rotatable bonds is 5. The molecule has 4 rings (SSSR count). The van der Waals surface area contributed by atoms with Crippen molar-refractivity contribution in [2.75, 3.05) is 11.9 Å². The third kappa shape index (κ3) is 2.92. The van der Waals surface area contributed by atoms with Gasteiger partial charge in [0.05, 0.1) is 11.8 Å². The van der Waals surface area contributed by atoms with Crippen LogP contribution in [0.1, 0.15) is 23.8 Å². The molecule has 3 aromatic rings. The van der Waals surface area contributed by atoms with E-state index in [-0.39, 0.29) is 29.2 Å². The first-order valence-electron chi connectivity index (χ1n) is 7.94. The Morgan fingerprint density at radius 3 is 2.81 bits per heavy atom. The summed E-state index contributed by atoms with van der Waals surface area (Å²) in [7, 11) is 0. The zero-order valence-corrected chi connectivity index (χ0v) is 13.4. The van der Waals surface area contributed by atoms with Gasteiger partial charge in [0, 0.05) is 19.6 Å². The van der Waals surface area contributed by atoms with Gasteiger partial charge in [-0.3, -0.25) is 14.9 Å². The Bertz CT molecular complexity index is 1010. The molecule has 136 valence electrons. The van der Waals surface area contributed by atoms with Crippen LogP contribution in [-0.2, 0) is 11.3 Å². The van der Waals surface area contributed by atoms with Crippen LogP contribution in [0.2, 0.25) is 0 Å². The maximum absolute atomic E-state index is 14.5. The van der Waals surface area contributed by atoms with Crippen molar-refractivity contribution in [1.29, 1.82) is 0 Å². The van der Waals surface area contributed by atoms with Crippen LogP contribution in [0.15, 0.2) is 23.0 Å². The number of nitrogens with one attached hydrogen (secondary N) is 3. The van der Waals surface area contributed by atoms with Crippen LogP contribution in [0.4, 0.5) is 19.1 Å². The molecule has 7 nitrogen and oxygen atoms in total. The second kappa shape index (κ2) is 6.45. The van der Waals surface area contributed by atoms with Gasteiger partial charge in [0.25, 0.3) is 5.56 Å². The first-order chi connectivity index (χ1) is 12.5. The maximum atomic E-state index is 14.5. The molecule has 0 amide bonds. The number of aromatic nitrogens is 4. The predicted molar refractivity (Wildman–Crippen MR) is 86.4 cm³/mol. The van der Waals surface area contributed by atoms with Gasteiger partial charge < -0.3 is 10.1 Å². The molecule has 1 aliphatic heterocycles. The minimum atomic E-state index is -1.47. The lowest BCUT2D eigenvalue weighted by molar-refractivity contribution is -0.0945. The van der Waals surface area contributed by atoms with Gasteiger partial charge in [-0.05, 0) is 17.7 Å². The lowest BCUT2D eigenvalue weighted by atomic mass is 10.0. The molecule has 3 N–H and O–H groups in total. The molecule has 26 heavy (non-hydrogen) atoms. The van der Waals surface area contributed by atoms with E-state index in [1.165, 1.54) is 6.07 Å². The maximum Gasteiger partial charge on any atom is 0.280 e. The SMILES string of the molecule is O=c1[nH]c(NCc2ccc(F)c(F)c2)nc2c(C(F)[C@@H]3CCO3)[nH]nc12. The van der Waals surface area contributed by atoms with Crippen LogP contribution >= 0.6 is 0 Å². The normalized spacial score (nSPS) is 17.9. The summed E-state index contributed by atoms with van der Waals surface area (Å²) in [5.74, 6) is -1.85. The van der Waals surface area contributed by atoms with Crippen molar-refractivity contribution < 1.29 is 17.9 Å². The second-order valence-electron chi connectivity index (χ2n) is 5.95. The van der Waals surface area contributed by atoms with Crippen LogP contribution in [0, 0.1) is 11.6 Å². The van der Waals surface area contributed by atoms with Gasteiger partial charge in [-0.1, -0.05) is 6.07 Å². The molecule has 0 spiro atoms. The summed E-state index contributed by atoms with van der Waals surface area (Å²) >= 11 is 0. The molecule has 10 heteroatoms. The number of benzene rings is 1. The third-order valence-electron chi connectivity index (χ3n) is 4.22. The molecule has 2 aromatic heterocycles. The fourth-order valence-electron chi connectivity index (χ4n) is 2.71. The summed E-state index contributed by atoms with van der Waals surface area (Å²) in [6.45, 7) is 0.579. The summed E-state index contributed by atoms with van der Waals surface area (Å²) in [6.07, 6.45) is -1.48. The summed E-state index contributed by atoms with van der Waals surface area (Å²) in [4.78, 5) is 18.8. The number of hydrogen-bond acceptors (Lipinski definition) is 5. The van der Waals surface area contributed by atoms with Gasteiger partial charge in [0.2, 0.25) is 5.95 Å². The van der Waals surface area contributed by atoms with Crippen molar-refractivity contribution in [1.82, 2.24) is 20.2 Å². The second-order valence-corrected chi connectivity index (χ2v) is 5.95. The first-order valence-corrected chi connectivity index (χ1v) is 7.94. The van der Waals surface area contributed by atoms with Crippen molar-refractivity contribution in [3.8, 4) is 0 Å². The zero-order valence-electron chi connectivity index (χ0n) is 13.4. The van der Waals surface area contributed by atoms with E-state index >= 15 is 0 Å². The Labute approximate surface area is 144 Å². The highest BCUT2D eigenvalue weighted by molar-refractivity contribution is 5.77. The molecule has 1 aromatic carbocycles. The highest BCUT2D eigenvalue weighted by atomic mass is 19.2. The van der Waals surface area contributed by atoms with Gasteiger partial charge in [-0.15, -0.1) is 0 Å². The molecule has 0 saturated carbocycles. The van der Waals surface area contributed by atoms with E-state index < -0.39 is 29.5 Å². The van der Waals surface area contributed by atoms with Gasteiger partial charge in [-0.2, -0.15) is 5.10 Å². The highest BCUT2D eigenvalue weighted by Gasteiger charge is 2.33. The van der Waals surface area contributed by atoms with E-state index in [4.69, 9.17) is 4.74 Å². The van der Waals surface area contributed by atoms with E-state index in [2.05, 4.69) is 25.5 Å². The Morgan fingerprint density at radius 2 is 2.12 bits per heavy atom. The number of alkyl halides is 1. The smallest absolute Gasteiger partial charge is 0.280 e. The fraction of sp³-hybridized carbons (Fsp3) is 0.312. The number of anilines is 1. The molecule has 0 aliphatic carbocycles. The molecule has 1 fully saturated rings. The molecular weight excluding hydrogens is 351 g/mol. The number of ether oxygens (including phenoxy) is 1. The Kier molecular flexibility index (Phi) is 4.11. The van der Waals surface area contributed by atoms with Crippen molar-refractivity contribution in [3.05, 3.63) is 51.4 Å². The first kappa shape index (κ1) is 16.6. The van der Waals surface area contributed by atoms with Crippen LogP contribution in [-0.4, -0.2) is 32.9 Å². The summed E-state index contributed by atoms with van der Waals surface area (Å²) < 4.78 is 45.8. The topological polar surface area (TPSA) is 95.7 Å². The molecule has 0 radical (unpaired) electrons.